The zero-order chi connectivity index (χ0) is 25.5. The fraction of sp³-hybridized carbons (Fsp3) is 0.435. The maximum absolute atomic E-state index is 13.0. The van der Waals surface area contributed by atoms with Crippen LogP contribution in [-0.2, 0) is 10.9 Å². The van der Waals surface area contributed by atoms with Gasteiger partial charge in [0.25, 0.3) is 0 Å². The van der Waals surface area contributed by atoms with Crippen molar-refractivity contribution in [2.45, 2.75) is 51.4 Å². The first-order valence-electron chi connectivity index (χ1n) is 11.0. The molecule has 1 atom stereocenters. The average molecular weight is 512 g/mol. The number of halogens is 4. The number of nitrogens with zero attached hydrogens (tertiary/aromatic N) is 4. The predicted molar refractivity (Wildman–Crippen MR) is 125 cm³/mol. The highest BCUT2D eigenvalue weighted by Crippen LogP contribution is 2.38. The molecule has 8 nitrogen and oxygen atoms in total. The molecule has 1 aromatic carbocycles. The zero-order valence-corrected chi connectivity index (χ0v) is 20.1. The molecule has 35 heavy (non-hydrogen) atoms. The van der Waals surface area contributed by atoms with E-state index in [1.165, 1.54) is 12.1 Å². The van der Waals surface area contributed by atoms with E-state index in [2.05, 4.69) is 15.5 Å². The molecule has 1 aliphatic rings. The van der Waals surface area contributed by atoms with Crippen molar-refractivity contribution in [1.82, 2.24) is 19.5 Å². The number of anilines is 1. The van der Waals surface area contributed by atoms with Gasteiger partial charge in [0.05, 0.1) is 10.6 Å². The molecule has 0 bridgehead atoms. The lowest BCUT2D eigenvalue weighted by Crippen LogP contribution is -2.47. The van der Waals surface area contributed by atoms with Gasteiger partial charge in [-0.05, 0) is 57.9 Å². The molecule has 1 amide bonds. The molecule has 0 aliphatic carbocycles. The first-order chi connectivity index (χ1) is 16.3. The average Bonchev–Trinajstić information content (AvgIpc) is 3.14. The lowest BCUT2D eigenvalue weighted by molar-refractivity contribution is -0.137. The smallest absolute Gasteiger partial charge is 0.416 e. The molecule has 0 unspecified atom stereocenters. The van der Waals surface area contributed by atoms with Gasteiger partial charge < -0.3 is 20.1 Å². The van der Waals surface area contributed by atoms with Gasteiger partial charge in [-0.1, -0.05) is 11.6 Å². The standard InChI is InChI=1S/C23H25ClF3N5O3/c1-22(2,3)35-21(34)31-8-4-5-15(12-31)28-20-30-29-19-17(10-14(24)11-32(19)20)16-7-6-13(9-18(16)33)23(25,26)27/h6-7,9-11,15,33H,4-5,8,12H2,1-3H3,(H,28,30)/t15-/m1/s1. The number of carbonyl (C=O) groups is 1. The Labute approximate surface area is 204 Å². The number of pyridine rings is 1. The van der Waals surface area contributed by atoms with Crippen LogP contribution in [0.4, 0.5) is 23.9 Å². The van der Waals surface area contributed by atoms with Crippen LogP contribution in [0.25, 0.3) is 16.8 Å². The largest absolute Gasteiger partial charge is 0.507 e. The molecule has 4 rings (SSSR count). The number of hydrogen-bond donors (Lipinski definition) is 2. The van der Waals surface area contributed by atoms with Gasteiger partial charge in [0.1, 0.15) is 11.4 Å². The molecule has 2 aromatic heterocycles. The van der Waals surface area contributed by atoms with Crippen LogP contribution in [0.15, 0.2) is 30.5 Å². The number of likely N-dealkylation sites (tertiary alicyclic amines) is 1. The van der Waals surface area contributed by atoms with Crippen LogP contribution < -0.4 is 5.32 Å². The number of carbonyl (C=O) groups excluding carboxylic acids is 1. The first kappa shape index (κ1) is 24.9. The third-order valence-corrected chi connectivity index (χ3v) is 5.70. The number of alkyl halides is 3. The van der Waals surface area contributed by atoms with Crippen molar-refractivity contribution >= 4 is 29.3 Å². The van der Waals surface area contributed by atoms with Crippen molar-refractivity contribution in [3.05, 3.63) is 41.0 Å². The van der Waals surface area contributed by atoms with Gasteiger partial charge in [-0.2, -0.15) is 13.2 Å². The number of phenols is 1. The Balaban J connectivity index is 1.61. The van der Waals surface area contributed by atoms with Crippen LogP contribution in [0.2, 0.25) is 5.02 Å². The molecule has 188 valence electrons. The van der Waals surface area contributed by atoms with Crippen molar-refractivity contribution in [3.8, 4) is 16.9 Å². The molecule has 2 N–H and O–H groups in total. The Morgan fingerprint density at radius 2 is 1.94 bits per heavy atom. The summed E-state index contributed by atoms with van der Waals surface area (Å²) in [5.74, 6) is -0.201. The minimum absolute atomic E-state index is 0.134. The number of hydrogen-bond acceptors (Lipinski definition) is 6. The number of benzene rings is 1. The normalized spacial score (nSPS) is 17.0. The van der Waals surface area contributed by atoms with E-state index in [9.17, 15) is 23.1 Å². The molecular formula is C23H25ClF3N5O3. The quantitative estimate of drug-likeness (QED) is 0.476. The fourth-order valence-electron chi connectivity index (χ4n) is 3.96. The van der Waals surface area contributed by atoms with Gasteiger partial charge in [0.2, 0.25) is 5.95 Å². The maximum atomic E-state index is 13.0. The van der Waals surface area contributed by atoms with E-state index in [-0.39, 0.29) is 16.6 Å². The monoisotopic (exact) mass is 511 g/mol. The third-order valence-electron chi connectivity index (χ3n) is 5.49. The zero-order valence-electron chi connectivity index (χ0n) is 19.4. The summed E-state index contributed by atoms with van der Waals surface area (Å²) >= 11 is 6.29. The molecule has 1 fully saturated rings. The van der Waals surface area contributed by atoms with E-state index in [4.69, 9.17) is 16.3 Å². The van der Waals surface area contributed by atoms with Crippen molar-refractivity contribution in [3.63, 3.8) is 0 Å². The highest BCUT2D eigenvalue weighted by molar-refractivity contribution is 6.31. The Hall–Kier alpha value is -3.21. The number of rotatable bonds is 3. The van der Waals surface area contributed by atoms with E-state index in [1.807, 2.05) is 20.8 Å². The van der Waals surface area contributed by atoms with E-state index in [0.717, 1.165) is 18.9 Å². The second-order valence-corrected chi connectivity index (χ2v) is 9.87. The summed E-state index contributed by atoms with van der Waals surface area (Å²) in [5.41, 5.74) is -0.807. The third kappa shape index (κ3) is 5.55. The number of ether oxygens (including phenoxy) is 1. The second-order valence-electron chi connectivity index (χ2n) is 9.43. The van der Waals surface area contributed by atoms with Crippen molar-refractivity contribution < 1.29 is 27.8 Å². The van der Waals surface area contributed by atoms with Gasteiger partial charge in [-0.3, -0.25) is 4.40 Å². The highest BCUT2D eigenvalue weighted by atomic mass is 35.5. The minimum atomic E-state index is -4.58. The number of aromatic hydroxyl groups is 1. The number of nitrogens with one attached hydrogen (secondary N) is 1. The molecule has 1 saturated heterocycles. The lowest BCUT2D eigenvalue weighted by atomic mass is 10.0. The van der Waals surface area contributed by atoms with Crippen LogP contribution in [0, 0.1) is 0 Å². The molecule has 3 aromatic rings. The highest BCUT2D eigenvalue weighted by Gasteiger charge is 2.32. The second kappa shape index (κ2) is 9.10. The number of aromatic nitrogens is 3. The van der Waals surface area contributed by atoms with E-state index in [0.29, 0.717) is 36.3 Å². The number of phenolic OH excluding ortho intramolecular Hbond substituents is 1. The summed E-state index contributed by atoms with van der Waals surface area (Å²) < 4.78 is 46.0. The first-order valence-corrected chi connectivity index (χ1v) is 11.4. The molecule has 0 spiro atoms. The molecule has 12 heteroatoms. The number of piperidine rings is 1. The molecule has 3 heterocycles. The van der Waals surface area contributed by atoms with Gasteiger partial charge in [-0.25, -0.2) is 4.79 Å². The Kier molecular flexibility index (Phi) is 6.48. The van der Waals surface area contributed by atoms with Crippen molar-refractivity contribution in [2.75, 3.05) is 18.4 Å². The topological polar surface area (TPSA) is 92.0 Å². The Bertz CT molecular complexity index is 1260. The van der Waals surface area contributed by atoms with E-state index >= 15 is 0 Å². The minimum Gasteiger partial charge on any atom is -0.507 e. The van der Waals surface area contributed by atoms with Gasteiger partial charge in [0.15, 0.2) is 5.65 Å². The summed E-state index contributed by atoms with van der Waals surface area (Å²) in [6.45, 7) is 6.40. The van der Waals surface area contributed by atoms with Crippen LogP contribution in [0.5, 0.6) is 5.75 Å². The van der Waals surface area contributed by atoms with E-state index < -0.39 is 29.2 Å². The fourth-order valence-corrected chi connectivity index (χ4v) is 4.17. The number of amides is 1. The van der Waals surface area contributed by atoms with Crippen molar-refractivity contribution in [1.29, 1.82) is 0 Å². The van der Waals surface area contributed by atoms with E-state index in [1.54, 1.807) is 15.5 Å². The lowest BCUT2D eigenvalue weighted by Gasteiger charge is -2.34. The van der Waals surface area contributed by atoms with Gasteiger partial charge in [0, 0.05) is 36.5 Å². The summed E-state index contributed by atoms with van der Waals surface area (Å²) in [5, 5.41) is 22.2. The van der Waals surface area contributed by atoms with Crippen LogP contribution in [0.1, 0.15) is 39.2 Å². The van der Waals surface area contributed by atoms with Gasteiger partial charge >= 0.3 is 12.3 Å². The molecule has 0 saturated carbocycles. The van der Waals surface area contributed by atoms with Crippen molar-refractivity contribution in [2.24, 2.45) is 0 Å². The van der Waals surface area contributed by atoms with Crippen LogP contribution in [-0.4, -0.2) is 55.4 Å². The van der Waals surface area contributed by atoms with Crippen LogP contribution in [0.3, 0.4) is 0 Å². The summed E-state index contributed by atoms with van der Waals surface area (Å²) in [6, 6.07) is 4.09. The predicted octanol–water partition coefficient (Wildman–Crippen LogP) is 5.59. The Morgan fingerprint density at radius 1 is 1.20 bits per heavy atom. The van der Waals surface area contributed by atoms with Crippen LogP contribution >= 0.6 is 11.6 Å². The summed E-state index contributed by atoms with van der Waals surface area (Å²) in [4.78, 5) is 14.1. The summed E-state index contributed by atoms with van der Waals surface area (Å²) in [7, 11) is 0. The van der Waals surface area contributed by atoms with Gasteiger partial charge in [-0.15, -0.1) is 10.2 Å². The SMILES string of the molecule is CC(C)(C)OC(=O)N1CCC[C@@H](Nc2nnc3c(-c4ccc(C(F)(F)F)cc4O)cc(Cl)cn23)C1. The number of fused-ring (bicyclic) bond motifs is 1. The Morgan fingerprint density at radius 3 is 2.60 bits per heavy atom. The molecule has 1 aliphatic heterocycles. The summed E-state index contributed by atoms with van der Waals surface area (Å²) in [6.07, 6.45) is -1.87. The maximum Gasteiger partial charge on any atom is 0.416 e. The molecular weight excluding hydrogens is 487 g/mol. The molecule has 0 radical (unpaired) electrons.